The van der Waals surface area contributed by atoms with Crippen molar-refractivity contribution in [2.45, 2.75) is 71.6 Å². The Labute approximate surface area is 139 Å². The van der Waals surface area contributed by atoms with Crippen LogP contribution in [0.5, 0.6) is 0 Å². The van der Waals surface area contributed by atoms with Gasteiger partial charge in [-0.05, 0) is 31.9 Å². The fraction of sp³-hybridized carbons (Fsp3) is 0.550. The number of aromatic nitrogens is 2. The van der Waals surface area contributed by atoms with Crippen molar-refractivity contribution in [2.24, 2.45) is 0 Å². The van der Waals surface area contributed by atoms with E-state index in [1.165, 1.54) is 44.9 Å². The average molecular weight is 314 g/mol. The lowest BCUT2D eigenvalue weighted by molar-refractivity contribution is 0.575. The molecule has 23 heavy (non-hydrogen) atoms. The second kappa shape index (κ2) is 9.39. The number of aromatic amines is 1. The van der Waals surface area contributed by atoms with Crippen LogP contribution < -0.4 is 5.56 Å². The van der Waals surface area contributed by atoms with Crippen molar-refractivity contribution in [2.75, 3.05) is 0 Å². The van der Waals surface area contributed by atoms with E-state index in [2.05, 4.69) is 12.0 Å². The molecule has 1 N–H and O–H groups in total. The molecule has 0 saturated carbocycles. The molecule has 1 aromatic carbocycles. The maximum absolute atomic E-state index is 12.6. The van der Waals surface area contributed by atoms with Gasteiger partial charge in [0.05, 0.1) is 5.69 Å². The number of nitrogens with zero attached hydrogens (tertiary/aromatic N) is 1. The van der Waals surface area contributed by atoms with Gasteiger partial charge in [-0.3, -0.25) is 9.89 Å². The summed E-state index contributed by atoms with van der Waals surface area (Å²) < 4.78 is 1.66. The topological polar surface area (TPSA) is 37.8 Å². The third-order valence-electron chi connectivity index (χ3n) is 4.49. The molecule has 0 atom stereocenters. The fourth-order valence-corrected chi connectivity index (χ4v) is 3.07. The van der Waals surface area contributed by atoms with E-state index in [0.717, 1.165) is 29.8 Å². The molecule has 3 heteroatoms. The molecule has 0 fully saturated rings. The summed E-state index contributed by atoms with van der Waals surface area (Å²) in [6, 6.07) is 9.78. The highest BCUT2D eigenvalue weighted by atomic mass is 16.1. The number of nitrogens with one attached hydrogen (secondary N) is 1. The Morgan fingerprint density at radius 3 is 2.17 bits per heavy atom. The van der Waals surface area contributed by atoms with Gasteiger partial charge in [0.2, 0.25) is 0 Å². The van der Waals surface area contributed by atoms with Gasteiger partial charge >= 0.3 is 0 Å². The number of unbranched alkanes of at least 4 members (excludes halogenated alkanes) is 7. The first-order chi connectivity index (χ1) is 11.2. The summed E-state index contributed by atoms with van der Waals surface area (Å²) in [4.78, 5) is 12.6. The molecular formula is C20H30N2O. The van der Waals surface area contributed by atoms with Crippen LogP contribution in [0.4, 0.5) is 0 Å². The number of benzene rings is 1. The summed E-state index contributed by atoms with van der Waals surface area (Å²) in [5.41, 5.74) is 2.96. The second-order valence-corrected chi connectivity index (χ2v) is 6.42. The van der Waals surface area contributed by atoms with Crippen molar-refractivity contribution in [1.82, 2.24) is 9.78 Å². The van der Waals surface area contributed by atoms with Crippen LogP contribution in [0.25, 0.3) is 5.69 Å². The van der Waals surface area contributed by atoms with Gasteiger partial charge in [0, 0.05) is 11.3 Å². The van der Waals surface area contributed by atoms with Crippen LogP contribution in [0.1, 0.15) is 69.5 Å². The molecule has 3 nitrogen and oxygen atoms in total. The van der Waals surface area contributed by atoms with Crippen molar-refractivity contribution in [1.29, 1.82) is 0 Å². The molecule has 1 aromatic heterocycles. The fourth-order valence-electron chi connectivity index (χ4n) is 3.07. The SMILES string of the molecule is CCCCCCCCCCc1c(C)[nH]n(-c2ccccc2)c1=O. The van der Waals surface area contributed by atoms with Gasteiger partial charge in [0.25, 0.3) is 5.56 Å². The van der Waals surface area contributed by atoms with Crippen LogP contribution in [0.15, 0.2) is 35.1 Å². The minimum atomic E-state index is 0.108. The summed E-state index contributed by atoms with van der Waals surface area (Å²) in [5, 5.41) is 3.21. The molecule has 1 heterocycles. The molecule has 0 aliphatic rings. The van der Waals surface area contributed by atoms with E-state index in [9.17, 15) is 4.79 Å². The Morgan fingerprint density at radius 1 is 0.913 bits per heavy atom. The maximum atomic E-state index is 12.6. The van der Waals surface area contributed by atoms with Crippen LogP contribution in [-0.4, -0.2) is 9.78 Å². The highest BCUT2D eigenvalue weighted by Gasteiger charge is 2.11. The van der Waals surface area contributed by atoms with Crippen molar-refractivity contribution in [3.8, 4) is 5.69 Å². The number of para-hydroxylation sites is 1. The van der Waals surface area contributed by atoms with Crippen LogP contribution >= 0.6 is 0 Å². The molecular weight excluding hydrogens is 284 g/mol. The monoisotopic (exact) mass is 314 g/mol. The number of hydrogen-bond acceptors (Lipinski definition) is 1. The van der Waals surface area contributed by atoms with E-state index >= 15 is 0 Å². The first kappa shape index (κ1) is 17.6. The summed E-state index contributed by atoms with van der Waals surface area (Å²) in [6.07, 6.45) is 11.2. The Bertz CT molecular complexity index is 625. The van der Waals surface area contributed by atoms with Gasteiger partial charge < -0.3 is 0 Å². The number of aryl methyl sites for hydroxylation is 1. The minimum Gasteiger partial charge on any atom is -0.295 e. The van der Waals surface area contributed by atoms with Gasteiger partial charge in [-0.2, -0.15) is 0 Å². The molecule has 0 aliphatic carbocycles. The quantitative estimate of drug-likeness (QED) is 0.604. The van der Waals surface area contributed by atoms with E-state index in [1.807, 2.05) is 37.3 Å². The molecule has 0 amide bonds. The molecule has 0 radical (unpaired) electrons. The van der Waals surface area contributed by atoms with Crippen molar-refractivity contribution < 1.29 is 0 Å². The third kappa shape index (κ3) is 5.12. The Morgan fingerprint density at radius 2 is 1.52 bits per heavy atom. The Balaban J connectivity index is 1.82. The zero-order valence-electron chi connectivity index (χ0n) is 14.6. The molecule has 0 spiro atoms. The normalized spacial score (nSPS) is 11.0. The van der Waals surface area contributed by atoms with E-state index in [4.69, 9.17) is 0 Å². The predicted octanol–water partition coefficient (Wildman–Crippen LogP) is 5.16. The van der Waals surface area contributed by atoms with Crippen LogP contribution in [-0.2, 0) is 6.42 Å². The van der Waals surface area contributed by atoms with Crippen molar-refractivity contribution >= 4 is 0 Å². The Kier molecular flexibility index (Phi) is 7.18. The summed E-state index contributed by atoms with van der Waals surface area (Å²) >= 11 is 0. The van der Waals surface area contributed by atoms with E-state index in [1.54, 1.807) is 4.68 Å². The Hall–Kier alpha value is -1.77. The third-order valence-corrected chi connectivity index (χ3v) is 4.49. The highest BCUT2D eigenvalue weighted by Crippen LogP contribution is 2.12. The summed E-state index contributed by atoms with van der Waals surface area (Å²) in [5.74, 6) is 0. The highest BCUT2D eigenvalue weighted by molar-refractivity contribution is 5.32. The molecule has 0 unspecified atom stereocenters. The minimum absolute atomic E-state index is 0.108. The molecule has 126 valence electrons. The van der Waals surface area contributed by atoms with Crippen LogP contribution in [0.3, 0.4) is 0 Å². The van der Waals surface area contributed by atoms with Crippen molar-refractivity contribution in [3.63, 3.8) is 0 Å². The molecule has 2 rings (SSSR count). The lowest BCUT2D eigenvalue weighted by atomic mass is 10.0. The number of hydrogen-bond donors (Lipinski definition) is 1. The standard InChI is InChI=1S/C20H30N2O/c1-3-4-5-6-7-8-9-13-16-19-17(2)21-22(20(19)23)18-14-11-10-12-15-18/h10-12,14-15,21H,3-9,13,16H2,1-2H3. The van der Waals surface area contributed by atoms with Gasteiger partial charge in [-0.25, -0.2) is 4.68 Å². The lowest BCUT2D eigenvalue weighted by Gasteiger charge is -2.01. The zero-order chi connectivity index (χ0) is 16.5. The number of rotatable bonds is 10. The molecule has 2 aromatic rings. The zero-order valence-corrected chi connectivity index (χ0v) is 14.6. The van der Waals surface area contributed by atoms with Gasteiger partial charge in [-0.15, -0.1) is 0 Å². The first-order valence-electron chi connectivity index (χ1n) is 9.10. The van der Waals surface area contributed by atoms with Gasteiger partial charge in [0.1, 0.15) is 0 Å². The van der Waals surface area contributed by atoms with E-state index in [-0.39, 0.29) is 5.56 Å². The maximum Gasteiger partial charge on any atom is 0.274 e. The van der Waals surface area contributed by atoms with Gasteiger partial charge in [-0.1, -0.05) is 70.1 Å². The second-order valence-electron chi connectivity index (χ2n) is 6.42. The summed E-state index contributed by atoms with van der Waals surface area (Å²) in [6.45, 7) is 4.25. The van der Waals surface area contributed by atoms with Crippen LogP contribution in [0.2, 0.25) is 0 Å². The summed E-state index contributed by atoms with van der Waals surface area (Å²) in [7, 11) is 0. The predicted molar refractivity (Wildman–Crippen MR) is 97.4 cm³/mol. The average Bonchev–Trinajstić information content (AvgIpc) is 2.86. The molecule has 0 aliphatic heterocycles. The molecule has 0 bridgehead atoms. The van der Waals surface area contributed by atoms with Crippen LogP contribution in [0, 0.1) is 6.92 Å². The largest absolute Gasteiger partial charge is 0.295 e. The van der Waals surface area contributed by atoms with Crippen molar-refractivity contribution in [3.05, 3.63) is 51.9 Å². The molecule has 0 saturated heterocycles. The lowest BCUT2D eigenvalue weighted by Crippen LogP contribution is -2.17. The van der Waals surface area contributed by atoms with E-state index < -0.39 is 0 Å². The smallest absolute Gasteiger partial charge is 0.274 e. The van der Waals surface area contributed by atoms with E-state index in [0.29, 0.717) is 0 Å². The first-order valence-corrected chi connectivity index (χ1v) is 9.10. The van der Waals surface area contributed by atoms with Gasteiger partial charge in [0.15, 0.2) is 0 Å². The number of H-pyrrole nitrogens is 1.